The van der Waals surface area contributed by atoms with Crippen molar-refractivity contribution >= 4 is 21.9 Å². The van der Waals surface area contributed by atoms with E-state index in [1.807, 2.05) is 18.2 Å². The molecule has 1 aromatic rings. The second kappa shape index (κ2) is 9.24. The number of carbonyl (C=O) groups is 1. The van der Waals surface area contributed by atoms with Crippen LogP contribution in [0.25, 0.3) is 0 Å². The Morgan fingerprint density at radius 1 is 0.952 bits per heavy atom. The maximum absolute atomic E-state index is 12.2. The van der Waals surface area contributed by atoms with Crippen molar-refractivity contribution in [1.82, 2.24) is 0 Å². The van der Waals surface area contributed by atoms with Crippen LogP contribution in [0.4, 0.5) is 0 Å². The van der Waals surface area contributed by atoms with Crippen molar-refractivity contribution in [3.05, 3.63) is 35.4 Å². The molecule has 0 spiro atoms. The molecule has 0 aliphatic carbocycles. The zero-order chi connectivity index (χ0) is 14.9. The lowest BCUT2D eigenvalue weighted by Crippen LogP contribution is -2.15. The van der Waals surface area contributed by atoms with E-state index in [2.05, 4.69) is 22.0 Å². The highest BCUT2D eigenvalue weighted by Gasteiger charge is 2.14. The minimum atomic E-state index is -0.176. The normalized spacial score (nSPS) is 22.5. The largest absolute Gasteiger partial charge is 0.461 e. The third-order valence-electron chi connectivity index (χ3n) is 4.10. The number of hydrogen-bond acceptors (Lipinski definition) is 2. The minimum Gasteiger partial charge on any atom is -0.461 e. The van der Waals surface area contributed by atoms with Gasteiger partial charge in [0.15, 0.2) is 0 Å². The second-order valence-electron chi connectivity index (χ2n) is 5.87. The van der Waals surface area contributed by atoms with Gasteiger partial charge in [0.25, 0.3) is 0 Å². The molecule has 116 valence electrons. The van der Waals surface area contributed by atoms with Gasteiger partial charge in [-0.2, -0.15) is 0 Å². The fraction of sp³-hybridized carbons (Fsp3) is 0.611. The van der Waals surface area contributed by atoms with Gasteiger partial charge in [-0.15, -0.1) is 0 Å². The lowest BCUT2D eigenvalue weighted by Gasteiger charge is -2.12. The van der Waals surface area contributed by atoms with Crippen LogP contribution in [0.3, 0.4) is 0 Å². The van der Waals surface area contributed by atoms with Crippen molar-refractivity contribution in [1.29, 1.82) is 0 Å². The molecule has 0 radical (unpaired) electrons. The zero-order valence-electron chi connectivity index (χ0n) is 12.7. The summed E-state index contributed by atoms with van der Waals surface area (Å²) in [4.78, 5) is 12.5. The molecule has 0 fully saturated rings. The summed E-state index contributed by atoms with van der Waals surface area (Å²) in [7, 11) is 0. The van der Waals surface area contributed by atoms with Crippen LogP contribution >= 0.6 is 15.9 Å². The zero-order valence-corrected chi connectivity index (χ0v) is 14.2. The van der Waals surface area contributed by atoms with Gasteiger partial charge in [0, 0.05) is 4.83 Å². The molecule has 0 bridgehead atoms. The topological polar surface area (TPSA) is 26.3 Å². The van der Waals surface area contributed by atoms with Gasteiger partial charge in [-0.05, 0) is 30.9 Å². The lowest BCUT2D eigenvalue weighted by atomic mass is 10.0. The molecule has 1 heterocycles. The van der Waals surface area contributed by atoms with Gasteiger partial charge in [0.2, 0.25) is 0 Å². The number of ether oxygens (including phenoxy) is 1. The van der Waals surface area contributed by atoms with Gasteiger partial charge < -0.3 is 4.74 Å². The van der Waals surface area contributed by atoms with Crippen molar-refractivity contribution in [2.75, 3.05) is 6.61 Å². The van der Waals surface area contributed by atoms with Gasteiger partial charge in [-0.25, -0.2) is 4.79 Å². The average molecular weight is 353 g/mol. The quantitative estimate of drug-likeness (QED) is 0.468. The monoisotopic (exact) mass is 352 g/mol. The molecule has 0 saturated carbocycles. The number of cyclic esters (lactones) is 1. The van der Waals surface area contributed by atoms with Crippen LogP contribution in [0, 0.1) is 0 Å². The second-order valence-corrected chi connectivity index (χ2v) is 7.16. The van der Waals surface area contributed by atoms with Crippen LogP contribution in [0.2, 0.25) is 0 Å². The van der Waals surface area contributed by atoms with Crippen molar-refractivity contribution in [3.8, 4) is 0 Å². The number of aryl methyl sites for hydroxylation is 1. The van der Waals surface area contributed by atoms with Crippen molar-refractivity contribution in [2.24, 2.45) is 0 Å². The Morgan fingerprint density at radius 2 is 1.62 bits per heavy atom. The van der Waals surface area contributed by atoms with Crippen LogP contribution in [-0.2, 0) is 11.2 Å². The number of esters is 1. The fourth-order valence-corrected chi connectivity index (χ4v) is 3.29. The van der Waals surface area contributed by atoms with E-state index in [9.17, 15) is 4.79 Å². The Labute approximate surface area is 136 Å². The SMILES string of the molecule is O=C1OCC(Br)CCCCCCCCCc2ccccc21. The Hall–Kier alpha value is -0.830. The molecule has 1 aromatic carbocycles. The molecule has 0 amide bonds. The maximum atomic E-state index is 12.2. The molecule has 1 aliphatic heterocycles. The summed E-state index contributed by atoms with van der Waals surface area (Å²) in [6, 6.07) is 7.87. The molecule has 3 heteroatoms. The molecule has 0 saturated heterocycles. The summed E-state index contributed by atoms with van der Waals surface area (Å²) in [6.45, 7) is 0.465. The first kappa shape index (κ1) is 16.5. The Kier molecular flexibility index (Phi) is 7.28. The maximum Gasteiger partial charge on any atom is 0.338 e. The molecular weight excluding hydrogens is 328 g/mol. The molecule has 1 unspecified atom stereocenters. The minimum absolute atomic E-state index is 0.176. The summed E-state index contributed by atoms with van der Waals surface area (Å²) < 4.78 is 5.47. The van der Waals surface area contributed by atoms with Gasteiger partial charge in [0.1, 0.15) is 6.61 Å². The van der Waals surface area contributed by atoms with Crippen molar-refractivity contribution in [2.45, 2.75) is 62.6 Å². The van der Waals surface area contributed by atoms with Gasteiger partial charge in [-0.3, -0.25) is 0 Å². The summed E-state index contributed by atoms with van der Waals surface area (Å²) >= 11 is 3.62. The number of fused-ring (bicyclic) bond motifs is 1. The summed E-state index contributed by atoms with van der Waals surface area (Å²) in [5, 5.41) is 0. The Morgan fingerprint density at radius 3 is 2.43 bits per heavy atom. The van der Waals surface area contributed by atoms with Crippen LogP contribution in [-0.4, -0.2) is 17.4 Å². The molecule has 21 heavy (non-hydrogen) atoms. The van der Waals surface area contributed by atoms with Crippen LogP contribution in [0.15, 0.2) is 24.3 Å². The standard InChI is InChI=1S/C18H25BrO2/c19-16-12-7-5-3-1-2-4-6-10-15-11-8-9-13-17(15)18(20)21-14-16/h8-9,11,13,16H,1-7,10,12,14H2. The third-order valence-corrected chi connectivity index (χ3v) is 4.82. The predicted octanol–water partition coefficient (Wildman–Crippen LogP) is 5.28. The fourth-order valence-electron chi connectivity index (χ4n) is 2.83. The summed E-state index contributed by atoms with van der Waals surface area (Å²) in [5.41, 5.74) is 1.87. The van der Waals surface area contributed by atoms with Crippen molar-refractivity contribution in [3.63, 3.8) is 0 Å². The molecule has 1 aliphatic rings. The third kappa shape index (κ3) is 5.82. The van der Waals surface area contributed by atoms with E-state index in [1.54, 1.807) is 0 Å². The summed E-state index contributed by atoms with van der Waals surface area (Å²) in [5.74, 6) is -0.176. The van der Waals surface area contributed by atoms with E-state index in [1.165, 1.54) is 38.5 Å². The lowest BCUT2D eigenvalue weighted by molar-refractivity contribution is 0.0504. The van der Waals surface area contributed by atoms with E-state index in [4.69, 9.17) is 4.74 Å². The van der Waals surface area contributed by atoms with E-state index in [-0.39, 0.29) is 10.8 Å². The molecule has 0 N–H and O–H groups in total. The van der Waals surface area contributed by atoms with Crippen LogP contribution in [0.1, 0.15) is 67.3 Å². The highest BCUT2D eigenvalue weighted by molar-refractivity contribution is 9.09. The van der Waals surface area contributed by atoms with E-state index < -0.39 is 0 Å². The molecule has 2 nitrogen and oxygen atoms in total. The number of rotatable bonds is 0. The van der Waals surface area contributed by atoms with Crippen LogP contribution in [0.5, 0.6) is 0 Å². The Balaban J connectivity index is 2.02. The molecule has 1 atom stereocenters. The summed E-state index contributed by atoms with van der Waals surface area (Å²) in [6.07, 6.45) is 10.9. The number of benzene rings is 1. The van der Waals surface area contributed by atoms with E-state index >= 15 is 0 Å². The first-order chi connectivity index (χ1) is 10.3. The van der Waals surface area contributed by atoms with Gasteiger partial charge in [0.05, 0.1) is 5.56 Å². The molecular formula is C18H25BrO2. The number of carbonyl (C=O) groups excluding carboxylic acids is 1. The van der Waals surface area contributed by atoms with E-state index in [0.717, 1.165) is 30.4 Å². The highest BCUT2D eigenvalue weighted by atomic mass is 79.9. The number of alkyl halides is 1. The van der Waals surface area contributed by atoms with Crippen LogP contribution < -0.4 is 0 Å². The first-order valence-corrected chi connectivity index (χ1v) is 9.08. The smallest absolute Gasteiger partial charge is 0.338 e. The first-order valence-electron chi connectivity index (χ1n) is 8.16. The Bertz CT molecular complexity index is 445. The average Bonchev–Trinajstić information content (AvgIpc) is 2.51. The van der Waals surface area contributed by atoms with Gasteiger partial charge >= 0.3 is 5.97 Å². The number of hydrogen-bond donors (Lipinski definition) is 0. The number of halogens is 1. The molecule has 2 rings (SSSR count). The van der Waals surface area contributed by atoms with E-state index in [0.29, 0.717) is 6.61 Å². The van der Waals surface area contributed by atoms with Gasteiger partial charge in [-0.1, -0.05) is 72.7 Å². The van der Waals surface area contributed by atoms with Crippen molar-refractivity contribution < 1.29 is 9.53 Å². The molecule has 0 aromatic heterocycles. The predicted molar refractivity (Wildman–Crippen MR) is 90.1 cm³/mol. The highest BCUT2D eigenvalue weighted by Crippen LogP contribution is 2.18.